The van der Waals surface area contributed by atoms with Crippen LogP contribution in [0, 0.1) is 0 Å². The molecule has 6 heteroatoms. The van der Waals surface area contributed by atoms with Gasteiger partial charge >= 0.3 is 0 Å². The number of hydrogen-bond donors (Lipinski definition) is 3. The van der Waals surface area contributed by atoms with E-state index in [1.165, 1.54) is 0 Å². The topological polar surface area (TPSA) is 116 Å². The van der Waals surface area contributed by atoms with E-state index in [9.17, 15) is 0 Å². The van der Waals surface area contributed by atoms with Gasteiger partial charge in [-0.25, -0.2) is 0 Å². The first kappa shape index (κ1) is 7.26. The summed E-state index contributed by atoms with van der Waals surface area (Å²) in [6, 6.07) is 0. The maximum Gasteiger partial charge on any atom is 0.224 e. The molecule has 0 saturated carbocycles. The van der Waals surface area contributed by atoms with Crippen molar-refractivity contribution in [2.45, 2.75) is 0 Å². The molecule has 0 atom stereocenters. The Balaban J connectivity index is 3.36. The highest BCUT2D eigenvalue weighted by Gasteiger charge is 2.04. The summed E-state index contributed by atoms with van der Waals surface area (Å²) in [6.45, 7) is 3.25. The zero-order valence-electron chi connectivity index (χ0n) is 5.78. The van der Waals surface area contributed by atoms with E-state index in [2.05, 4.69) is 21.7 Å². The van der Waals surface area contributed by atoms with Crippen molar-refractivity contribution >= 4 is 30.0 Å². The molecule has 0 unspecified atom stereocenters. The Bertz CT molecular complexity index is 270. The number of anilines is 3. The maximum atomic E-state index is 5.39. The normalized spacial score (nSPS) is 9.45. The summed E-state index contributed by atoms with van der Waals surface area (Å²) in [5, 5.41) is 0. The van der Waals surface area contributed by atoms with Crippen molar-refractivity contribution < 1.29 is 0 Å². The third-order valence-corrected chi connectivity index (χ3v) is 1.11. The molecule has 0 aliphatic rings. The fourth-order valence-corrected chi connectivity index (χ4v) is 0.671. The van der Waals surface area contributed by atoms with E-state index in [4.69, 9.17) is 17.2 Å². The lowest BCUT2D eigenvalue weighted by Gasteiger charge is -2.01. The van der Waals surface area contributed by atoms with Crippen LogP contribution in [0.3, 0.4) is 0 Å². The van der Waals surface area contributed by atoms with E-state index in [0.717, 1.165) is 0 Å². The van der Waals surface area contributed by atoms with Crippen molar-refractivity contribution in [3.63, 3.8) is 0 Å². The van der Waals surface area contributed by atoms with E-state index in [1.54, 1.807) is 0 Å². The van der Waals surface area contributed by atoms with Crippen LogP contribution in [0.2, 0.25) is 0 Å². The van der Waals surface area contributed by atoms with Gasteiger partial charge in [-0.3, -0.25) is 4.99 Å². The molecule has 1 heterocycles. The first-order chi connectivity index (χ1) is 5.15. The summed E-state index contributed by atoms with van der Waals surface area (Å²) < 4.78 is 0. The minimum Gasteiger partial charge on any atom is -0.382 e. The molecule has 0 spiro atoms. The van der Waals surface area contributed by atoms with Crippen LogP contribution in [-0.4, -0.2) is 16.7 Å². The zero-order valence-corrected chi connectivity index (χ0v) is 5.78. The van der Waals surface area contributed by atoms with Gasteiger partial charge in [-0.05, 0) is 6.72 Å². The van der Waals surface area contributed by atoms with Gasteiger partial charge in [0.2, 0.25) is 5.95 Å². The van der Waals surface area contributed by atoms with Crippen molar-refractivity contribution in [1.29, 1.82) is 0 Å². The van der Waals surface area contributed by atoms with Gasteiger partial charge in [0, 0.05) is 0 Å². The summed E-state index contributed by atoms with van der Waals surface area (Å²) in [7, 11) is 0. The SMILES string of the molecule is C=Nc1c(N)nc(N)nc1N. The molecule has 58 valence electrons. The zero-order chi connectivity index (χ0) is 8.43. The van der Waals surface area contributed by atoms with Crippen LogP contribution < -0.4 is 17.2 Å². The van der Waals surface area contributed by atoms with Crippen LogP contribution in [0.25, 0.3) is 0 Å². The molecule has 6 N–H and O–H groups in total. The van der Waals surface area contributed by atoms with E-state index < -0.39 is 0 Å². The molecule has 0 radical (unpaired) electrons. The largest absolute Gasteiger partial charge is 0.382 e. The monoisotopic (exact) mass is 152 g/mol. The number of nitrogens with zero attached hydrogens (tertiary/aromatic N) is 3. The maximum absolute atomic E-state index is 5.39. The molecule has 1 aromatic rings. The minimum absolute atomic E-state index is 0.0346. The predicted octanol–water partition coefficient (Wildman–Crippen LogP) is -0.445. The molecule has 1 aromatic heterocycles. The minimum atomic E-state index is 0.0346. The van der Waals surface area contributed by atoms with Gasteiger partial charge in [-0.2, -0.15) is 9.97 Å². The van der Waals surface area contributed by atoms with Gasteiger partial charge < -0.3 is 17.2 Å². The molecule has 0 fully saturated rings. The van der Waals surface area contributed by atoms with E-state index in [0.29, 0.717) is 0 Å². The third-order valence-electron chi connectivity index (χ3n) is 1.11. The summed E-state index contributed by atoms with van der Waals surface area (Å²) in [4.78, 5) is 10.8. The molecule has 1 rings (SSSR count). The van der Waals surface area contributed by atoms with Crippen LogP contribution >= 0.6 is 0 Å². The smallest absolute Gasteiger partial charge is 0.224 e. The fourth-order valence-electron chi connectivity index (χ4n) is 0.671. The molecule has 0 saturated heterocycles. The number of rotatable bonds is 1. The van der Waals surface area contributed by atoms with Gasteiger partial charge in [0.15, 0.2) is 11.6 Å². The number of aliphatic imine (C=N–C) groups is 1. The van der Waals surface area contributed by atoms with Gasteiger partial charge in [0.05, 0.1) is 0 Å². The van der Waals surface area contributed by atoms with Crippen LogP contribution in [0.4, 0.5) is 23.3 Å². The van der Waals surface area contributed by atoms with Crippen LogP contribution in [0.1, 0.15) is 0 Å². The Morgan fingerprint density at radius 2 is 1.55 bits per heavy atom. The number of nitrogens with two attached hydrogens (primary N) is 3. The third kappa shape index (κ3) is 1.18. The highest BCUT2D eigenvalue weighted by Crippen LogP contribution is 2.25. The van der Waals surface area contributed by atoms with Gasteiger partial charge in [-0.1, -0.05) is 0 Å². The molecule has 11 heavy (non-hydrogen) atoms. The molecular weight excluding hydrogens is 144 g/mol. The quantitative estimate of drug-likeness (QED) is 0.471. The van der Waals surface area contributed by atoms with Gasteiger partial charge in [0.25, 0.3) is 0 Å². The lowest BCUT2D eigenvalue weighted by molar-refractivity contribution is 1.19. The van der Waals surface area contributed by atoms with Crippen LogP contribution in [0.15, 0.2) is 4.99 Å². The van der Waals surface area contributed by atoms with Crippen molar-refractivity contribution in [3.8, 4) is 0 Å². The summed E-state index contributed by atoms with van der Waals surface area (Å²) in [5.74, 6) is 0.322. The molecule has 0 aliphatic heterocycles. The van der Waals surface area contributed by atoms with Crippen LogP contribution in [0.5, 0.6) is 0 Å². The second-order valence-electron chi connectivity index (χ2n) is 1.86. The Morgan fingerprint density at radius 3 is 1.91 bits per heavy atom. The molecule has 0 bridgehead atoms. The molecule has 0 aromatic carbocycles. The predicted molar refractivity (Wildman–Crippen MR) is 44.5 cm³/mol. The van der Waals surface area contributed by atoms with Crippen molar-refractivity contribution in [2.24, 2.45) is 4.99 Å². The van der Waals surface area contributed by atoms with Gasteiger partial charge in [0.1, 0.15) is 5.69 Å². The number of hydrogen-bond acceptors (Lipinski definition) is 6. The summed E-state index contributed by atoms with van der Waals surface area (Å²) in [6.07, 6.45) is 0. The highest BCUT2D eigenvalue weighted by molar-refractivity contribution is 5.73. The summed E-state index contributed by atoms with van der Waals surface area (Å²) >= 11 is 0. The number of nitrogen functional groups attached to an aromatic ring is 3. The molecule has 6 nitrogen and oxygen atoms in total. The Hall–Kier alpha value is -1.85. The van der Waals surface area contributed by atoms with Crippen LogP contribution in [-0.2, 0) is 0 Å². The first-order valence-corrected chi connectivity index (χ1v) is 2.80. The van der Waals surface area contributed by atoms with Crippen molar-refractivity contribution in [1.82, 2.24) is 9.97 Å². The standard InChI is InChI=1S/C5H8N6/c1-9-2-3(6)10-5(8)11-4(2)7/h1H2,(H6,6,7,8,10,11). The first-order valence-electron chi connectivity index (χ1n) is 2.80. The average molecular weight is 152 g/mol. The lowest BCUT2D eigenvalue weighted by Crippen LogP contribution is -2.03. The van der Waals surface area contributed by atoms with E-state index in [-0.39, 0.29) is 23.3 Å². The van der Waals surface area contributed by atoms with Crippen molar-refractivity contribution in [3.05, 3.63) is 0 Å². The van der Waals surface area contributed by atoms with Gasteiger partial charge in [-0.15, -0.1) is 0 Å². The van der Waals surface area contributed by atoms with E-state index in [1.807, 2.05) is 0 Å². The Labute approximate surface area is 63.2 Å². The average Bonchev–Trinajstić information content (AvgIpc) is 1.85. The molecular formula is C5H8N6. The second-order valence-corrected chi connectivity index (χ2v) is 1.86. The van der Waals surface area contributed by atoms with Crippen molar-refractivity contribution in [2.75, 3.05) is 17.2 Å². The lowest BCUT2D eigenvalue weighted by atomic mass is 10.4. The summed E-state index contributed by atoms with van der Waals surface area (Å²) in [5.41, 5.74) is 16.3. The molecule has 0 aliphatic carbocycles. The highest BCUT2D eigenvalue weighted by atomic mass is 15.1. The second kappa shape index (κ2) is 2.41. The fraction of sp³-hybridized carbons (Fsp3) is 0. The van der Waals surface area contributed by atoms with E-state index >= 15 is 0 Å². The Kier molecular flexibility index (Phi) is 1.59. The number of aromatic nitrogens is 2. The Morgan fingerprint density at radius 1 is 1.09 bits per heavy atom. The molecule has 0 amide bonds.